The lowest BCUT2D eigenvalue weighted by molar-refractivity contribution is 0.806. The van der Waals surface area contributed by atoms with Crippen molar-refractivity contribution < 1.29 is 0 Å². The fourth-order valence-electron chi connectivity index (χ4n) is 1.83. The number of thioether (sulfide) groups is 1. The molecule has 0 spiro atoms. The highest BCUT2D eigenvalue weighted by atomic mass is 32.2. The summed E-state index contributed by atoms with van der Waals surface area (Å²) in [4.78, 5) is 1.60. The predicted octanol–water partition coefficient (Wildman–Crippen LogP) is 4.20. The van der Waals surface area contributed by atoms with Crippen molar-refractivity contribution in [2.24, 2.45) is 0 Å². The number of benzene rings is 1. The summed E-state index contributed by atoms with van der Waals surface area (Å²) in [6, 6.07) is 10.9. The normalized spacial score (nSPS) is 21.3. The van der Waals surface area contributed by atoms with Crippen LogP contribution in [0.15, 0.2) is 40.8 Å². The maximum Gasteiger partial charge on any atom is 0.00491 e. The highest BCUT2D eigenvalue weighted by molar-refractivity contribution is 8.03. The molecule has 0 amide bonds. The van der Waals surface area contributed by atoms with Gasteiger partial charge in [0.1, 0.15) is 0 Å². The Morgan fingerprint density at radius 3 is 2.50 bits per heavy atom. The minimum Gasteiger partial charge on any atom is -0.130 e. The fourth-order valence-corrected chi connectivity index (χ4v) is 3.15. The lowest BCUT2D eigenvalue weighted by Crippen LogP contribution is -1.94. The van der Waals surface area contributed by atoms with Gasteiger partial charge in [-0.1, -0.05) is 35.9 Å². The first kappa shape index (κ1) is 9.85. The van der Waals surface area contributed by atoms with E-state index < -0.39 is 0 Å². The van der Waals surface area contributed by atoms with Crippen molar-refractivity contribution in [2.75, 3.05) is 5.75 Å². The third-order valence-corrected chi connectivity index (χ3v) is 4.21. The van der Waals surface area contributed by atoms with E-state index in [1.165, 1.54) is 23.3 Å². The fraction of sp³-hybridized carbons (Fsp3) is 0.385. The van der Waals surface area contributed by atoms with Gasteiger partial charge >= 0.3 is 0 Å². The Bertz CT molecular complexity index is 334. The van der Waals surface area contributed by atoms with Crippen molar-refractivity contribution in [2.45, 2.75) is 26.2 Å². The second-order valence-electron chi connectivity index (χ2n) is 4.05. The van der Waals surface area contributed by atoms with E-state index in [1.807, 2.05) is 11.8 Å². The lowest BCUT2D eigenvalue weighted by Gasteiger charge is -2.07. The minimum atomic E-state index is 0.742. The molecule has 2 rings (SSSR count). The van der Waals surface area contributed by atoms with Crippen LogP contribution in [0.2, 0.25) is 0 Å². The molecule has 0 radical (unpaired) electrons. The van der Waals surface area contributed by atoms with Crippen LogP contribution in [0.3, 0.4) is 0 Å². The zero-order valence-electron chi connectivity index (χ0n) is 8.79. The molecule has 1 aliphatic heterocycles. The molecule has 0 aliphatic carbocycles. The van der Waals surface area contributed by atoms with Crippen LogP contribution >= 0.6 is 11.8 Å². The van der Waals surface area contributed by atoms with E-state index in [0.717, 1.165) is 5.92 Å². The molecule has 1 heterocycles. The first-order chi connectivity index (χ1) is 6.77. The summed E-state index contributed by atoms with van der Waals surface area (Å²) >= 11 is 2.03. The van der Waals surface area contributed by atoms with Crippen LogP contribution in [0, 0.1) is 0 Å². The van der Waals surface area contributed by atoms with Crippen molar-refractivity contribution in [3.05, 3.63) is 46.4 Å². The van der Waals surface area contributed by atoms with E-state index in [-0.39, 0.29) is 0 Å². The molecule has 0 nitrogen and oxygen atoms in total. The van der Waals surface area contributed by atoms with Crippen molar-refractivity contribution in [1.29, 1.82) is 0 Å². The Labute approximate surface area is 90.4 Å². The van der Waals surface area contributed by atoms with Crippen LogP contribution in [0.25, 0.3) is 0 Å². The van der Waals surface area contributed by atoms with Crippen molar-refractivity contribution >= 4 is 11.8 Å². The van der Waals surface area contributed by atoms with Gasteiger partial charge < -0.3 is 0 Å². The van der Waals surface area contributed by atoms with E-state index in [2.05, 4.69) is 44.2 Å². The SMILES string of the molecule is CC(C)=C1CC(c2ccccc2)CS1. The Balaban J connectivity index is 2.14. The molecule has 1 unspecified atom stereocenters. The molecule has 1 saturated heterocycles. The lowest BCUT2D eigenvalue weighted by atomic mass is 9.97. The van der Waals surface area contributed by atoms with Gasteiger partial charge in [-0.05, 0) is 36.7 Å². The van der Waals surface area contributed by atoms with Crippen LogP contribution in [-0.4, -0.2) is 5.75 Å². The van der Waals surface area contributed by atoms with Crippen LogP contribution in [0.5, 0.6) is 0 Å². The van der Waals surface area contributed by atoms with E-state index >= 15 is 0 Å². The average Bonchev–Trinajstić information content (AvgIpc) is 2.68. The molecule has 0 saturated carbocycles. The summed E-state index contributed by atoms with van der Waals surface area (Å²) in [5.74, 6) is 2.00. The van der Waals surface area contributed by atoms with Crippen LogP contribution < -0.4 is 0 Å². The molecule has 14 heavy (non-hydrogen) atoms. The molecule has 1 atom stereocenters. The van der Waals surface area contributed by atoms with Crippen LogP contribution in [-0.2, 0) is 0 Å². The Hall–Kier alpha value is -0.690. The topological polar surface area (TPSA) is 0 Å². The van der Waals surface area contributed by atoms with E-state index in [0.29, 0.717) is 0 Å². The smallest absolute Gasteiger partial charge is 0.00491 e. The first-order valence-electron chi connectivity index (χ1n) is 5.11. The Kier molecular flexibility index (Phi) is 2.97. The first-order valence-corrected chi connectivity index (χ1v) is 6.10. The van der Waals surface area contributed by atoms with Crippen LogP contribution in [0.4, 0.5) is 0 Å². The van der Waals surface area contributed by atoms with Crippen molar-refractivity contribution in [3.8, 4) is 0 Å². The largest absolute Gasteiger partial charge is 0.130 e. The molecular weight excluding hydrogens is 188 g/mol. The third-order valence-electron chi connectivity index (χ3n) is 2.72. The molecular formula is C13H16S. The number of hydrogen-bond acceptors (Lipinski definition) is 1. The van der Waals surface area contributed by atoms with Gasteiger partial charge in [-0.15, -0.1) is 11.8 Å². The molecule has 1 fully saturated rings. The van der Waals surface area contributed by atoms with Gasteiger partial charge in [-0.3, -0.25) is 0 Å². The number of rotatable bonds is 1. The molecule has 0 N–H and O–H groups in total. The van der Waals surface area contributed by atoms with E-state index in [9.17, 15) is 0 Å². The van der Waals surface area contributed by atoms with E-state index in [4.69, 9.17) is 0 Å². The van der Waals surface area contributed by atoms with Gasteiger partial charge in [-0.2, -0.15) is 0 Å². The molecule has 1 heteroatoms. The second kappa shape index (κ2) is 4.22. The second-order valence-corrected chi connectivity index (χ2v) is 5.16. The van der Waals surface area contributed by atoms with Gasteiger partial charge in [0.05, 0.1) is 0 Å². The minimum absolute atomic E-state index is 0.742. The maximum atomic E-state index is 2.25. The third kappa shape index (κ3) is 2.03. The zero-order chi connectivity index (χ0) is 9.97. The summed E-state index contributed by atoms with van der Waals surface area (Å²) in [6.07, 6.45) is 1.25. The monoisotopic (exact) mass is 204 g/mol. The summed E-state index contributed by atoms with van der Waals surface area (Å²) in [5, 5.41) is 0. The Morgan fingerprint density at radius 1 is 1.21 bits per heavy atom. The molecule has 1 aromatic carbocycles. The average molecular weight is 204 g/mol. The Morgan fingerprint density at radius 2 is 1.93 bits per heavy atom. The molecule has 74 valence electrons. The van der Waals surface area contributed by atoms with Gasteiger partial charge in [0.15, 0.2) is 0 Å². The van der Waals surface area contributed by atoms with E-state index in [1.54, 1.807) is 4.91 Å². The maximum absolute atomic E-state index is 2.25. The van der Waals surface area contributed by atoms with Crippen molar-refractivity contribution in [3.63, 3.8) is 0 Å². The summed E-state index contributed by atoms with van der Waals surface area (Å²) in [5.41, 5.74) is 2.99. The van der Waals surface area contributed by atoms with Gasteiger partial charge in [0.25, 0.3) is 0 Å². The summed E-state index contributed by atoms with van der Waals surface area (Å²) in [6.45, 7) is 4.44. The van der Waals surface area contributed by atoms with Gasteiger partial charge in [-0.25, -0.2) is 0 Å². The predicted molar refractivity (Wildman–Crippen MR) is 64.6 cm³/mol. The van der Waals surface area contributed by atoms with Crippen molar-refractivity contribution in [1.82, 2.24) is 0 Å². The highest BCUT2D eigenvalue weighted by Gasteiger charge is 2.21. The molecule has 0 bridgehead atoms. The summed E-state index contributed by atoms with van der Waals surface area (Å²) < 4.78 is 0. The molecule has 1 aromatic rings. The number of allylic oxidation sites excluding steroid dienone is 2. The standard InChI is InChI=1S/C13H16S/c1-10(2)13-8-12(9-14-13)11-6-4-3-5-7-11/h3-7,12H,8-9H2,1-2H3. The number of hydrogen-bond donors (Lipinski definition) is 0. The quantitative estimate of drug-likeness (QED) is 0.660. The summed E-state index contributed by atoms with van der Waals surface area (Å²) in [7, 11) is 0. The molecule has 0 aromatic heterocycles. The van der Waals surface area contributed by atoms with Gasteiger partial charge in [0.2, 0.25) is 0 Å². The zero-order valence-corrected chi connectivity index (χ0v) is 9.60. The van der Waals surface area contributed by atoms with Crippen LogP contribution in [0.1, 0.15) is 31.7 Å². The van der Waals surface area contributed by atoms with Gasteiger partial charge in [0, 0.05) is 5.75 Å². The highest BCUT2D eigenvalue weighted by Crippen LogP contribution is 2.42. The molecule has 1 aliphatic rings.